The summed E-state index contributed by atoms with van der Waals surface area (Å²) < 4.78 is 6.47. The van der Waals surface area contributed by atoms with Crippen molar-refractivity contribution in [3.63, 3.8) is 0 Å². The Kier molecular flexibility index (Phi) is 5.42. The molecule has 1 N–H and O–H groups in total. The predicted octanol–water partition coefficient (Wildman–Crippen LogP) is 6.88. The van der Waals surface area contributed by atoms with Gasteiger partial charge in [-0.1, -0.05) is 54.6 Å². The molecule has 2 aliphatic rings. The van der Waals surface area contributed by atoms with Crippen molar-refractivity contribution in [2.24, 2.45) is 0 Å². The van der Waals surface area contributed by atoms with Crippen LogP contribution < -0.4 is 20.1 Å². The van der Waals surface area contributed by atoms with Gasteiger partial charge in [-0.05, 0) is 61.9 Å². The Hall–Kier alpha value is -3.92. The summed E-state index contributed by atoms with van der Waals surface area (Å²) in [5.41, 5.74) is 10.2. The molecule has 0 aromatic heterocycles. The van der Waals surface area contributed by atoms with Gasteiger partial charge in [0, 0.05) is 13.0 Å². The average molecular weight is 422 g/mol. The fraction of sp³-hybridized carbons (Fsp3) is 0.143. The zero-order valence-electron chi connectivity index (χ0n) is 18.5. The minimum atomic E-state index is 0.772. The van der Waals surface area contributed by atoms with Crippen LogP contribution in [0, 0.1) is 0 Å². The lowest BCUT2D eigenvalue weighted by molar-refractivity contribution is 0.393. The minimum absolute atomic E-state index is 0.772. The number of allylic oxidation sites excluding steroid dienone is 3. The van der Waals surface area contributed by atoms with E-state index in [-0.39, 0.29) is 0 Å². The Labute approximate surface area is 189 Å². The van der Waals surface area contributed by atoms with Gasteiger partial charge in [0.25, 0.3) is 0 Å². The fourth-order valence-corrected chi connectivity index (χ4v) is 4.27. The van der Waals surface area contributed by atoms with E-state index in [0.717, 1.165) is 52.9 Å². The van der Waals surface area contributed by atoms with Crippen molar-refractivity contribution in [2.45, 2.75) is 20.3 Å². The molecule has 0 atom stereocenters. The molecular weight excluding hydrogens is 394 g/mol. The molecule has 5 rings (SSSR count). The van der Waals surface area contributed by atoms with Crippen molar-refractivity contribution in [3.8, 4) is 5.75 Å². The Morgan fingerprint density at radius 3 is 2.34 bits per heavy atom. The number of ether oxygens (including phenoxy) is 1. The molecule has 0 radical (unpaired) electrons. The molecule has 0 saturated heterocycles. The lowest BCUT2D eigenvalue weighted by atomic mass is 9.97. The lowest BCUT2D eigenvalue weighted by Crippen LogP contribution is -2.39. The quantitative estimate of drug-likeness (QED) is 0.454. The molecule has 0 amide bonds. The van der Waals surface area contributed by atoms with Crippen LogP contribution in [0.2, 0.25) is 0 Å². The first-order valence-corrected chi connectivity index (χ1v) is 11.1. The van der Waals surface area contributed by atoms with Gasteiger partial charge in [0.15, 0.2) is 5.75 Å². The number of benzene rings is 3. The van der Waals surface area contributed by atoms with Crippen LogP contribution >= 0.6 is 0 Å². The molecule has 0 saturated carbocycles. The molecule has 3 aromatic rings. The molecule has 3 aromatic carbocycles. The van der Waals surface area contributed by atoms with Crippen molar-refractivity contribution < 1.29 is 4.74 Å². The van der Waals surface area contributed by atoms with E-state index in [4.69, 9.17) is 4.74 Å². The molecule has 0 spiro atoms. The Bertz CT molecular complexity index is 1200. The van der Waals surface area contributed by atoms with Crippen molar-refractivity contribution in [1.82, 2.24) is 0 Å². The smallest absolute Gasteiger partial charge is 0.150 e. The van der Waals surface area contributed by atoms with Gasteiger partial charge in [-0.15, -0.1) is 0 Å². The maximum absolute atomic E-state index is 6.47. The van der Waals surface area contributed by atoms with Crippen molar-refractivity contribution in [1.29, 1.82) is 0 Å². The van der Waals surface area contributed by atoms with E-state index in [0.29, 0.717) is 0 Å². The van der Waals surface area contributed by atoms with Crippen LogP contribution in [-0.2, 0) is 0 Å². The van der Waals surface area contributed by atoms with E-state index in [1.165, 1.54) is 5.57 Å². The summed E-state index contributed by atoms with van der Waals surface area (Å²) in [4.78, 5) is 2.36. The topological polar surface area (TPSA) is 27.7 Å². The first-order chi connectivity index (χ1) is 15.8. The minimum Gasteiger partial charge on any atom is -0.457 e. The van der Waals surface area contributed by atoms with Crippen LogP contribution in [0.5, 0.6) is 5.75 Å². The van der Waals surface area contributed by atoms with Gasteiger partial charge >= 0.3 is 0 Å². The van der Waals surface area contributed by atoms with Gasteiger partial charge in [0.05, 0.1) is 22.8 Å². The third kappa shape index (κ3) is 3.65. The molecule has 4 nitrogen and oxygen atoms in total. The number of likely N-dealkylation sites (N-methyl/N-ethyl adjacent to an activating group) is 1. The third-order valence-electron chi connectivity index (χ3n) is 5.81. The van der Waals surface area contributed by atoms with E-state index in [1.54, 1.807) is 0 Å². The molecular formula is C28H27N3O. The second-order valence-electron chi connectivity index (χ2n) is 7.80. The van der Waals surface area contributed by atoms with Crippen LogP contribution in [0.3, 0.4) is 0 Å². The molecule has 4 heteroatoms. The third-order valence-corrected chi connectivity index (χ3v) is 5.81. The van der Waals surface area contributed by atoms with Gasteiger partial charge in [-0.2, -0.15) is 0 Å². The van der Waals surface area contributed by atoms with Crippen LogP contribution in [0.25, 0.3) is 0 Å². The van der Waals surface area contributed by atoms with Gasteiger partial charge < -0.3 is 9.64 Å². The van der Waals surface area contributed by atoms with Crippen LogP contribution in [0.1, 0.15) is 20.3 Å². The lowest BCUT2D eigenvalue weighted by Gasteiger charge is -2.41. The molecule has 0 unspecified atom stereocenters. The number of anilines is 3. The normalized spacial score (nSPS) is 16.1. The summed E-state index contributed by atoms with van der Waals surface area (Å²) in [5, 5.41) is 2.16. The van der Waals surface area contributed by atoms with Crippen molar-refractivity contribution >= 4 is 17.1 Å². The summed E-state index contributed by atoms with van der Waals surface area (Å²) in [6, 6.07) is 29.0. The second kappa shape index (κ2) is 8.67. The molecule has 32 heavy (non-hydrogen) atoms. The monoisotopic (exact) mass is 421 g/mol. The maximum atomic E-state index is 6.47. The highest BCUT2D eigenvalue weighted by Gasteiger charge is 2.34. The molecule has 0 bridgehead atoms. The van der Waals surface area contributed by atoms with E-state index in [9.17, 15) is 0 Å². The van der Waals surface area contributed by atoms with Gasteiger partial charge in [0.1, 0.15) is 11.5 Å². The van der Waals surface area contributed by atoms with Crippen molar-refractivity contribution in [3.05, 3.63) is 120 Å². The fourth-order valence-electron chi connectivity index (χ4n) is 4.27. The molecule has 0 fully saturated rings. The van der Waals surface area contributed by atoms with Crippen LogP contribution in [0.4, 0.5) is 17.1 Å². The Morgan fingerprint density at radius 2 is 1.62 bits per heavy atom. The highest BCUT2D eigenvalue weighted by molar-refractivity contribution is 5.74. The average Bonchev–Trinajstić information content (AvgIpc) is 2.86. The first kappa shape index (κ1) is 20.0. The van der Waals surface area contributed by atoms with Crippen LogP contribution in [0.15, 0.2) is 120 Å². The number of hydrogen-bond donors (Lipinski definition) is 1. The van der Waals surface area contributed by atoms with E-state index >= 15 is 0 Å². The van der Waals surface area contributed by atoms with E-state index in [1.807, 2.05) is 36.4 Å². The van der Waals surface area contributed by atoms with Gasteiger partial charge in [-0.3, -0.25) is 10.4 Å². The highest BCUT2D eigenvalue weighted by Crippen LogP contribution is 2.45. The van der Waals surface area contributed by atoms with Gasteiger partial charge in [0.2, 0.25) is 0 Å². The number of rotatable bonds is 5. The predicted molar refractivity (Wildman–Crippen MR) is 133 cm³/mol. The SMILES string of the molecule is CC=C1C=C(N(Nc2ccccc2)c2ccccc2)C2=C(C1)Oc1ccccc1N2CC. The Morgan fingerprint density at radius 1 is 0.938 bits per heavy atom. The number of hydrogen-bond acceptors (Lipinski definition) is 4. The summed E-state index contributed by atoms with van der Waals surface area (Å²) in [7, 11) is 0. The van der Waals surface area contributed by atoms with Gasteiger partial charge in [-0.25, -0.2) is 0 Å². The number of nitrogens with one attached hydrogen (secondary N) is 1. The summed E-state index contributed by atoms with van der Waals surface area (Å²) in [6.07, 6.45) is 5.20. The molecule has 1 aliphatic carbocycles. The molecule has 1 heterocycles. The first-order valence-electron chi connectivity index (χ1n) is 11.1. The Balaban J connectivity index is 1.67. The summed E-state index contributed by atoms with van der Waals surface area (Å²) >= 11 is 0. The number of hydrazine groups is 1. The van der Waals surface area contributed by atoms with E-state index in [2.05, 4.69) is 89.9 Å². The second-order valence-corrected chi connectivity index (χ2v) is 7.80. The van der Waals surface area contributed by atoms with E-state index < -0.39 is 0 Å². The largest absolute Gasteiger partial charge is 0.457 e. The van der Waals surface area contributed by atoms with Crippen molar-refractivity contribution in [2.75, 3.05) is 21.9 Å². The standard InChI is InChI=1S/C28H27N3O/c1-3-21-19-25(28-27(20-21)32-26-18-12-11-17-24(26)30(28)4-2)31(23-15-9-6-10-16-23)29-22-13-7-5-8-14-22/h3,5-19,29H,4,20H2,1-2H3. The molecule has 160 valence electrons. The summed E-state index contributed by atoms with van der Waals surface area (Å²) in [5.74, 6) is 1.89. The highest BCUT2D eigenvalue weighted by atomic mass is 16.5. The zero-order valence-corrected chi connectivity index (χ0v) is 18.5. The number of fused-ring (bicyclic) bond motifs is 1. The summed E-state index contributed by atoms with van der Waals surface area (Å²) in [6.45, 7) is 5.11. The van der Waals surface area contributed by atoms with Crippen LogP contribution in [-0.4, -0.2) is 6.54 Å². The zero-order chi connectivity index (χ0) is 21.9. The molecule has 1 aliphatic heterocycles. The number of nitrogens with zero attached hydrogens (tertiary/aromatic N) is 2. The number of para-hydroxylation sites is 4. The maximum Gasteiger partial charge on any atom is 0.150 e.